The summed E-state index contributed by atoms with van der Waals surface area (Å²) in [6.07, 6.45) is 0.884. The summed E-state index contributed by atoms with van der Waals surface area (Å²) in [6, 6.07) is 0. The largest absolute Gasteiger partial charge is 0.302 e. The van der Waals surface area contributed by atoms with E-state index in [1.807, 2.05) is 0 Å². The Hall–Kier alpha value is -0.990. The van der Waals surface area contributed by atoms with Crippen LogP contribution in [0.15, 0.2) is 0 Å². The molecule has 0 aliphatic rings. The molecule has 0 rings (SSSR count). The summed E-state index contributed by atoms with van der Waals surface area (Å²) < 4.78 is 0. The molecule has 0 atom stereocenters. The van der Waals surface area contributed by atoms with Gasteiger partial charge in [0, 0.05) is 0 Å². The van der Waals surface area contributed by atoms with Gasteiger partial charge in [-0.15, -0.1) is 0 Å². The molecule has 0 aromatic heterocycles. The van der Waals surface area contributed by atoms with Crippen molar-refractivity contribution >= 4 is 18.4 Å². The van der Waals surface area contributed by atoms with Crippen LogP contribution in [0.2, 0.25) is 0 Å². The Balaban J connectivity index is 5.86. The van der Waals surface area contributed by atoms with E-state index in [1.54, 1.807) is 41.5 Å². The fourth-order valence-electron chi connectivity index (χ4n) is 2.37. The van der Waals surface area contributed by atoms with Gasteiger partial charge in [-0.05, 0) is 10.8 Å². The molecule has 0 radical (unpaired) electrons. The summed E-state index contributed by atoms with van der Waals surface area (Å²) in [4.78, 5) is 33.8. The van der Waals surface area contributed by atoms with Crippen LogP contribution in [-0.4, -0.2) is 18.4 Å². The Morgan fingerprint density at radius 1 is 0.867 bits per heavy atom. The molecule has 0 aromatic rings. The third kappa shape index (κ3) is 2.01. The van der Waals surface area contributed by atoms with Crippen molar-refractivity contribution in [3.63, 3.8) is 0 Å². The molecule has 0 amide bonds. The second-order valence-electron chi connectivity index (χ2n) is 5.91. The highest BCUT2D eigenvalue weighted by Gasteiger charge is 2.55. The molecule has 0 bridgehead atoms. The van der Waals surface area contributed by atoms with E-state index in [1.165, 1.54) is 0 Å². The number of hydrogen-bond donors (Lipinski definition) is 0. The lowest BCUT2D eigenvalue weighted by atomic mass is 9.53. The lowest BCUT2D eigenvalue weighted by molar-refractivity contribution is -0.155. The van der Waals surface area contributed by atoms with Gasteiger partial charge in [0.2, 0.25) is 5.78 Å². The number of rotatable bonds is 3. The fourth-order valence-corrected chi connectivity index (χ4v) is 2.37. The molecule has 0 aliphatic heterocycles. The van der Waals surface area contributed by atoms with E-state index >= 15 is 0 Å². The average molecular weight is 212 g/mol. The van der Waals surface area contributed by atoms with E-state index in [2.05, 4.69) is 0 Å². The van der Waals surface area contributed by atoms with Crippen molar-refractivity contribution in [1.82, 2.24) is 0 Å². The molecular weight excluding hydrogens is 192 g/mol. The van der Waals surface area contributed by atoms with E-state index in [4.69, 9.17) is 0 Å². The zero-order valence-corrected chi connectivity index (χ0v) is 10.4. The standard InChI is InChI=1S/C12H20O3/c1-10(2,3)12(8-14,9(15)7-13)11(4,5)6/h7-8H,1-6H3. The van der Waals surface area contributed by atoms with Gasteiger partial charge < -0.3 is 4.79 Å². The van der Waals surface area contributed by atoms with Crippen molar-refractivity contribution in [3.8, 4) is 0 Å². The summed E-state index contributed by atoms with van der Waals surface area (Å²) >= 11 is 0. The SMILES string of the molecule is CC(C)(C)C(C=O)(C(=O)C=O)C(C)(C)C. The minimum atomic E-state index is -1.26. The first-order chi connectivity index (χ1) is 6.54. The molecule has 0 saturated heterocycles. The summed E-state index contributed by atoms with van der Waals surface area (Å²) in [5.74, 6) is -0.641. The molecule has 15 heavy (non-hydrogen) atoms. The van der Waals surface area contributed by atoms with E-state index < -0.39 is 22.0 Å². The third-order valence-electron chi connectivity index (χ3n) is 3.04. The van der Waals surface area contributed by atoms with Gasteiger partial charge in [-0.2, -0.15) is 0 Å². The van der Waals surface area contributed by atoms with Crippen LogP contribution in [0.5, 0.6) is 0 Å². The van der Waals surface area contributed by atoms with Gasteiger partial charge >= 0.3 is 0 Å². The number of carbonyl (C=O) groups excluding carboxylic acids is 3. The Bertz CT molecular complexity index is 262. The van der Waals surface area contributed by atoms with Crippen molar-refractivity contribution in [2.75, 3.05) is 0 Å². The number of carbonyl (C=O) groups is 3. The predicted octanol–water partition coefficient (Wildman–Crippen LogP) is 2.03. The van der Waals surface area contributed by atoms with Crippen molar-refractivity contribution in [1.29, 1.82) is 0 Å². The summed E-state index contributed by atoms with van der Waals surface area (Å²) in [7, 11) is 0. The Labute approximate surface area is 91.2 Å². The Morgan fingerprint density at radius 2 is 1.20 bits per heavy atom. The summed E-state index contributed by atoms with van der Waals surface area (Å²) in [5, 5.41) is 0. The maximum Gasteiger partial charge on any atom is 0.209 e. The van der Waals surface area contributed by atoms with E-state index in [0.29, 0.717) is 6.29 Å². The fraction of sp³-hybridized carbons (Fsp3) is 0.750. The highest BCUT2D eigenvalue weighted by molar-refractivity contribution is 6.32. The normalized spacial score (nSPS) is 13.5. The van der Waals surface area contributed by atoms with E-state index in [9.17, 15) is 14.4 Å². The van der Waals surface area contributed by atoms with Crippen LogP contribution in [-0.2, 0) is 14.4 Å². The molecule has 3 nitrogen and oxygen atoms in total. The quantitative estimate of drug-likeness (QED) is 0.408. The molecule has 0 fully saturated rings. The van der Waals surface area contributed by atoms with E-state index in [-0.39, 0.29) is 6.29 Å². The predicted molar refractivity (Wildman–Crippen MR) is 58.5 cm³/mol. The lowest BCUT2D eigenvalue weighted by Gasteiger charge is -2.47. The zero-order valence-electron chi connectivity index (χ0n) is 10.4. The third-order valence-corrected chi connectivity index (χ3v) is 3.04. The smallest absolute Gasteiger partial charge is 0.209 e. The van der Waals surface area contributed by atoms with Gasteiger partial charge in [0.1, 0.15) is 11.7 Å². The number of aldehydes is 2. The van der Waals surface area contributed by atoms with Crippen LogP contribution >= 0.6 is 0 Å². The van der Waals surface area contributed by atoms with Gasteiger partial charge in [-0.25, -0.2) is 0 Å². The number of ketones is 1. The van der Waals surface area contributed by atoms with Crippen LogP contribution in [0, 0.1) is 16.2 Å². The average Bonchev–Trinajstić information content (AvgIpc) is 2.00. The molecule has 0 aliphatic carbocycles. The minimum absolute atomic E-state index is 0.255. The molecule has 86 valence electrons. The molecule has 0 unspecified atom stereocenters. The van der Waals surface area contributed by atoms with Crippen molar-refractivity contribution in [2.24, 2.45) is 16.2 Å². The maximum atomic E-state index is 11.8. The van der Waals surface area contributed by atoms with Gasteiger partial charge in [0.05, 0.1) is 0 Å². The van der Waals surface area contributed by atoms with Crippen LogP contribution in [0.3, 0.4) is 0 Å². The molecule has 0 N–H and O–H groups in total. The lowest BCUT2D eigenvalue weighted by Crippen LogP contribution is -2.54. The van der Waals surface area contributed by atoms with Crippen molar-refractivity contribution < 1.29 is 14.4 Å². The first-order valence-electron chi connectivity index (χ1n) is 5.00. The first-order valence-corrected chi connectivity index (χ1v) is 5.00. The Morgan fingerprint density at radius 3 is 1.27 bits per heavy atom. The molecule has 0 heterocycles. The summed E-state index contributed by atoms with van der Waals surface area (Å²) in [5.41, 5.74) is -2.42. The van der Waals surface area contributed by atoms with E-state index in [0.717, 1.165) is 0 Å². The minimum Gasteiger partial charge on any atom is -0.302 e. The van der Waals surface area contributed by atoms with Crippen molar-refractivity contribution in [3.05, 3.63) is 0 Å². The number of hydrogen-bond acceptors (Lipinski definition) is 3. The highest BCUT2D eigenvalue weighted by atomic mass is 16.2. The van der Waals surface area contributed by atoms with Gasteiger partial charge in [0.15, 0.2) is 6.29 Å². The Kier molecular flexibility index (Phi) is 3.62. The van der Waals surface area contributed by atoms with Crippen LogP contribution in [0.25, 0.3) is 0 Å². The number of Topliss-reactive ketones (excluding diaryl/α,β-unsaturated/α-hetero) is 1. The highest BCUT2D eigenvalue weighted by Crippen LogP contribution is 2.50. The van der Waals surface area contributed by atoms with Crippen LogP contribution in [0.1, 0.15) is 41.5 Å². The molecule has 3 heteroatoms. The van der Waals surface area contributed by atoms with Gasteiger partial charge in [-0.1, -0.05) is 41.5 Å². The van der Waals surface area contributed by atoms with Gasteiger partial charge in [-0.3, -0.25) is 9.59 Å². The van der Waals surface area contributed by atoms with Gasteiger partial charge in [0.25, 0.3) is 0 Å². The molecule has 0 spiro atoms. The monoisotopic (exact) mass is 212 g/mol. The molecule has 0 aromatic carbocycles. The van der Waals surface area contributed by atoms with Crippen LogP contribution in [0.4, 0.5) is 0 Å². The molecule has 0 saturated carbocycles. The second-order valence-corrected chi connectivity index (χ2v) is 5.91. The molecular formula is C12H20O3. The second kappa shape index (κ2) is 3.87. The first kappa shape index (κ1) is 14.0. The zero-order chi connectivity index (χ0) is 12.5. The van der Waals surface area contributed by atoms with Crippen LogP contribution < -0.4 is 0 Å². The topological polar surface area (TPSA) is 51.2 Å². The van der Waals surface area contributed by atoms with Crippen molar-refractivity contribution in [2.45, 2.75) is 41.5 Å². The summed E-state index contributed by atoms with van der Waals surface area (Å²) in [6.45, 7) is 10.8. The maximum absolute atomic E-state index is 11.8.